The highest BCUT2D eigenvalue weighted by atomic mass is 32.2. The van der Waals surface area contributed by atoms with E-state index < -0.39 is 15.0 Å². The van der Waals surface area contributed by atoms with E-state index >= 15 is 0 Å². The number of methoxy groups -OCH3 is 2. The number of hydrogen-bond acceptors (Lipinski definition) is 5. The SMILES string of the molecule is COc1cc(N)cc(S(=O)(=O)O)c1OC. The third-order valence-corrected chi connectivity index (χ3v) is 2.60. The maximum Gasteiger partial charge on any atom is 0.298 e. The standard InChI is InChI=1S/C8H11NO5S/c1-13-6-3-5(9)4-7(8(6)14-2)15(10,11)12/h3-4H,9H2,1-2H3,(H,10,11,12). The summed E-state index contributed by atoms with van der Waals surface area (Å²) in [5.74, 6) is 0.0688. The van der Waals surface area contributed by atoms with E-state index in [-0.39, 0.29) is 17.2 Å². The topological polar surface area (TPSA) is 98.9 Å². The molecule has 0 bridgehead atoms. The Kier molecular flexibility index (Phi) is 3.06. The van der Waals surface area contributed by atoms with Gasteiger partial charge in [-0.25, -0.2) is 0 Å². The van der Waals surface area contributed by atoms with Crippen LogP contribution >= 0.6 is 0 Å². The molecule has 84 valence electrons. The van der Waals surface area contributed by atoms with Crippen molar-refractivity contribution in [2.75, 3.05) is 20.0 Å². The summed E-state index contributed by atoms with van der Waals surface area (Å²) in [6, 6.07) is 2.49. The van der Waals surface area contributed by atoms with Crippen molar-refractivity contribution in [3.63, 3.8) is 0 Å². The van der Waals surface area contributed by atoms with Crippen molar-refractivity contribution in [2.24, 2.45) is 0 Å². The van der Waals surface area contributed by atoms with Gasteiger partial charge < -0.3 is 15.2 Å². The molecule has 0 aromatic heterocycles. The van der Waals surface area contributed by atoms with E-state index in [0.29, 0.717) is 0 Å². The van der Waals surface area contributed by atoms with Crippen LogP contribution in [0.4, 0.5) is 5.69 Å². The van der Waals surface area contributed by atoms with E-state index in [1.165, 1.54) is 20.3 Å². The molecule has 1 rings (SSSR count). The minimum absolute atomic E-state index is 0.0748. The number of benzene rings is 1. The molecule has 0 aliphatic heterocycles. The molecule has 0 atom stereocenters. The molecule has 0 saturated carbocycles. The zero-order chi connectivity index (χ0) is 11.6. The summed E-state index contributed by atoms with van der Waals surface area (Å²) in [6.07, 6.45) is 0. The number of anilines is 1. The van der Waals surface area contributed by atoms with Gasteiger partial charge in [0, 0.05) is 11.8 Å². The summed E-state index contributed by atoms with van der Waals surface area (Å²) in [7, 11) is -1.78. The molecule has 0 fully saturated rings. The Balaban J connectivity index is 3.57. The van der Waals surface area contributed by atoms with Gasteiger partial charge in [-0.05, 0) is 6.07 Å². The van der Waals surface area contributed by atoms with Crippen molar-refractivity contribution in [3.8, 4) is 11.5 Å². The second-order valence-electron chi connectivity index (χ2n) is 2.73. The summed E-state index contributed by atoms with van der Waals surface area (Å²) in [5.41, 5.74) is 5.60. The lowest BCUT2D eigenvalue weighted by molar-refractivity contribution is 0.345. The van der Waals surface area contributed by atoms with Crippen LogP contribution in [0.2, 0.25) is 0 Å². The molecule has 0 radical (unpaired) electrons. The van der Waals surface area contributed by atoms with Crippen molar-refractivity contribution in [1.82, 2.24) is 0 Å². The molecule has 3 N–H and O–H groups in total. The molecular weight excluding hydrogens is 222 g/mol. The second kappa shape index (κ2) is 3.95. The van der Waals surface area contributed by atoms with E-state index in [2.05, 4.69) is 0 Å². The number of nitrogen functional groups attached to an aromatic ring is 1. The zero-order valence-corrected chi connectivity index (χ0v) is 9.04. The van der Waals surface area contributed by atoms with Crippen molar-refractivity contribution < 1.29 is 22.4 Å². The summed E-state index contributed by atoms with van der Waals surface area (Å²) in [5, 5.41) is 0. The Morgan fingerprint density at radius 2 is 1.87 bits per heavy atom. The van der Waals surface area contributed by atoms with Crippen LogP contribution in [0.1, 0.15) is 0 Å². The normalized spacial score (nSPS) is 11.1. The smallest absolute Gasteiger partial charge is 0.298 e. The van der Waals surface area contributed by atoms with Crippen LogP contribution in [0.15, 0.2) is 17.0 Å². The Morgan fingerprint density at radius 3 is 2.27 bits per heavy atom. The average Bonchev–Trinajstić information content (AvgIpc) is 2.15. The maximum atomic E-state index is 11.0. The summed E-state index contributed by atoms with van der Waals surface area (Å²) < 4.78 is 40.6. The fourth-order valence-electron chi connectivity index (χ4n) is 1.14. The molecule has 0 unspecified atom stereocenters. The zero-order valence-electron chi connectivity index (χ0n) is 8.22. The lowest BCUT2D eigenvalue weighted by Gasteiger charge is -2.11. The highest BCUT2D eigenvalue weighted by Crippen LogP contribution is 2.36. The number of rotatable bonds is 3. The predicted molar refractivity (Wildman–Crippen MR) is 53.8 cm³/mol. The quantitative estimate of drug-likeness (QED) is 0.583. The van der Waals surface area contributed by atoms with E-state index in [4.69, 9.17) is 19.8 Å². The van der Waals surface area contributed by atoms with Gasteiger partial charge in [0.15, 0.2) is 11.5 Å². The first kappa shape index (κ1) is 11.6. The van der Waals surface area contributed by atoms with Gasteiger partial charge in [0.25, 0.3) is 10.1 Å². The van der Waals surface area contributed by atoms with Crippen LogP contribution in [0.25, 0.3) is 0 Å². The van der Waals surface area contributed by atoms with Crippen molar-refractivity contribution >= 4 is 15.8 Å². The molecule has 6 nitrogen and oxygen atoms in total. The van der Waals surface area contributed by atoms with Gasteiger partial charge in [-0.15, -0.1) is 0 Å². The molecule has 0 amide bonds. The van der Waals surface area contributed by atoms with E-state index in [1.54, 1.807) is 0 Å². The largest absolute Gasteiger partial charge is 0.493 e. The number of ether oxygens (including phenoxy) is 2. The fourth-order valence-corrected chi connectivity index (χ4v) is 1.84. The molecule has 1 aromatic carbocycles. The van der Waals surface area contributed by atoms with Gasteiger partial charge in [0.2, 0.25) is 0 Å². The van der Waals surface area contributed by atoms with Crippen LogP contribution in [0.3, 0.4) is 0 Å². The first-order valence-corrected chi connectivity index (χ1v) is 5.33. The third kappa shape index (κ3) is 2.31. The Bertz CT molecular complexity index is 468. The molecule has 0 aliphatic carbocycles. The van der Waals surface area contributed by atoms with E-state index in [0.717, 1.165) is 6.07 Å². The van der Waals surface area contributed by atoms with Crippen LogP contribution in [0.5, 0.6) is 11.5 Å². The van der Waals surface area contributed by atoms with Crippen LogP contribution < -0.4 is 15.2 Å². The predicted octanol–water partition coefficient (Wildman–Crippen LogP) is 0.533. The Hall–Kier alpha value is -1.47. The summed E-state index contributed by atoms with van der Waals surface area (Å²) in [6.45, 7) is 0. The van der Waals surface area contributed by atoms with Crippen LogP contribution in [0, 0.1) is 0 Å². The second-order valence-corrected chi connectivity index (χ2v) is 4.12. The van der Waals surface area contributed by atoms with Gasteiger partial charge in [0.1, 0.15) is 4.90 Å². The third-order valence-electron chi connectivity index (χ3n) is 1.75. The van der Waals surface area contributed by atoms with Gasteiger partial charge >= 0.3 is 0 Å². The summed E-state index contributed by atoms with van der Waals surface area (Å²) in [4.78, 5) is -0.415. The Morgan fingerprint density at radius 1 is 1.27 bits per heavy atom. The van der Waals surface area contributed by atoms with Crippen LogP contribution in [-0.2, 0) is 10.1 Å². The molecule has 0 aliphatic rings. The van der Waals surface area contributed by atoms with Gasteiger partial charge in [0.05, 0.1) is 14.2 Å². The molecule has 7 heteroatoms. The number of nitrogens with two attached hydrogens (primary N) is 1. The van der Waals surface area contributed by atoms with Crippen LogP contribution in [-0.4, -0.2) is 27.2 Å². The Labute approximate surface area is 87.4 Å². The van der Waals surface area contributed by atoms with Crippen molar-refractivity contribution in [3.05, 3.63) is 12.1 Å². The molecule has 0 saturated heterocycles. The first-order chi connectivity index (χ1) is 6.90. The van der Waals surface area contributed by atoms with E-state index in [1.807, 2.05) is 0 Å². The molecule has 1 aromatic rings. The lowest BCUT2D eigenvalue weighted by atomic mass is 10.3. The number of hydrogen-bond donors (Lipinski definition) is 2. The van der Waals surface area contributed by atoms with Gasteiger partial charge in [-0.3, -0.25) is 4.55 Å². The lowest BCUT2D eigenvalue weighted by Crippen LogP contribution is -2.04. The van der Waals surface area contributed by atoms with E-state index in [9.17, 15) is 8.42 Å². The maximum absolute atomic E-state index is 11.0. The fraction of sp³-hybridized carbons (Fsp3) is 0.250. The molecular formula is C8H11NO5S. The highest BCUT2D eigenvalue weighted by Gasteiger charge is 2.21. The first-order valence-electron chi connectivity index (χ1n) is 3.89. The monoisotopic (exact) mass is 233 g/mol. The molecule has 0 spiro atoms. The average molecular weight is 233 g/mol. The molecule has 0 heterocycles. The van der Waals surface area contributed by atoms with Gasteiger partial charge in [-0.2, -0.15) is 8.42 Å². The highest BCUT2D eigenvalue weighted by molar-refractivity contribution is 7.86. The minimum atomic E-state index is -4.39. The summed E-state index contributed by atoms with van der Waals surface area (Å²) >= 11 is 0. The molecule has 15 heavy (non-hydrogen) atoms. The van der Waals surface area contributed by atoms with Gasteiger partial charge in [-0.1, -0.05) is 0 Å². The minimum Gasteiger partial charge on any atom is -0.493 e. The van der Waals surface area contributed by atoms with Crippen molar-refractivity contribution in [1.29, 1.82) is 0 Å². The van der Waals surface area contributed by atoms with Crippen molar-refractivity contribution in [2.45, 2.75) is 4.90 Å².